The Morgan fingerprint density at radius 2 is 2.21 bits per heavy atom. The summed E-state index contributed by atoms with van der Waals surface area (Å²) in [4.78, 5) is 13.2. The number of carbonyl (C=O) groups is 1. The van der Waals surface area contributed by atoms with Crippen molar-refractivity contribution in [3.63, 3.8) is 0 Å². The van der Waals surface area contributed by atoms with Gasteiger partial charge in [-0.1, -0.05) is 12.1 Å². The van der Waals surface area contributed by atoms with Crippen molar-refractivity contribution in [1.82, 2.24) is 5.32 Å². The number of para-hydroxylation sites is 1. The van der Waals surface area contributed by atoms with E-state index in [0.717, 1.165) is 6.42 Å². The molecule has 2 rings (SSSR count). The molecule has 0 bridgehead atoms. The van der Waals surface area contributed by atoms with E-state index in [-0.39, 0.29) is 23.2 Å². The predicted molar refractivity (Wildman–Crippen MR) is 75.8 cm³/mol. The van der Waals surface area contributed by atoms with Crippen LogP contribution in [0.5, 0.6) is 0 Å². The van der Waals surface area contributed by atoms with Crippen LogP contribution in [0, 0.1) is 5.82 Å². The van der Waals surface area contributed by atoms with Gasteiger partial charge in [0.25, 0.3) is 5.91 Å². The van der Waals surface area contributed by atoms with Crippen LogP contribution in [-0.4, -0.2) is 11.9 Å². The Bertz CT molecular complexity index is 569. The van der Waals surface area contributed by atoms with E-state index < -0.39 is 5.82 Å². The first-order valence-electron chi connectivity index (χ1n) is 5.95. The lowest BCUT2D eigenvalue weighted by Crippen LogP contribution is -2.34. The van der Waals surface area contributed by atoms with E-state index in [2.05, 4.69) is 5.32 Å². The van der Waals surface area contributed by atoms with Crippen LogP contribution in [-0.2, 0) is 6.42 Å². The lowest BCUT2D eigenvalue weighted by atomic mass is 10.1. The van der Waals surface area contributed by atoms with Gasteiger partial charge < -0.3 is 11.1 Å². The summed E-state index contributed by atoms with van der Waals surface area (Å²) in [5.74, 6) is -0.917. The fourth-order valence-corrected chi connectivity index (χ4v) is 2.65. The van der Waals surface area contributed by atoms with Crippen molar-refractivity contribution >= 4 is 22.9 Å². The number of hydrogen-bond donors (Lipinski definition) is 2. The zero-order valence-corrected chi connectivity index (χ0v) is 11.3. The van der Waals surface area contributed by atoms with E-state index >= 15 is 0 Å². The first kappa shape index (κ1) is 13.5. The zero-order valence-electron chi connectivity index (χ0n) is 10.5. The van der Waals surface area contributed by atoms with E-state index in [1.165, 1.54) is 23.1 Å². The highest BCUT2D eigenvalue weighted by Gasteiger charge is 2.15. The zero-order chi connectivity index (χ0) is 13.8. The summed E-state index contributed by atoms with van der Waals surface area (Å²) < 4.78 is 13.3. The van der Waals surface area contributed by atoms with Gasteiger partial charge in [0, 0.05) is 17.3 Å². The molecule has 100 valence electrons. The second-order valence-corrected chi connectivity index (χ2v) is 5.39. The maximum absolute atomic E-state index is 13.3. The SMILES string of the molecule is CC(Cc1cccs1)NC(=O)c1cccc(F)c1N. The van der Waals surface area contributed by atoms with Crippen molar-refractivity contribution in [2.45, 2.75) is 19.4 Å². The highest BCUT2D eigenvalue weighted by Crippen LogP contribution is 2.16. The molecule has 3 nitrogen and oxygen atoms in total. The van der Waals surface area contributed by atoms with Crippen molar-refractivity contribution < 1.29 is 9.18 Å². The number of hydrogen-bond acceptors (Lipinski definition) is 3. The standard InChI is InChI=1S/C14H15FN2OS/c1-9(8-10-4-3-7-19-10)17-14(18)11-5-2-6-12(15)13(11)16/h2-7,9H,8,16H2,1H3,(H,17,18). The van der Waals surface area contributed by atoms with Crippen LogP contribution in [0.25, 0.3) is 0 Å². The molecule has 1 unspecified atom stereocenters. The lowest BCUT2D eigenvalue weighted by Gasteiger charge is -2.14. The Morgan fingerprint density at radius 3 is 2.89 bits per heavy atom. The van der Waals surface area contributed by atoms with Gasteiger partial charge in [-0.05, 0) is 30.5 Å². The van der Waals surface area contributed by atoms with Crippen molar-refractivity contribution in [3.8, 4) is 0 Å². The Kier molecular flexibility index (Phi) is 4.16. The molecule has 1 aromatic carbocycles. The molecular weight excluding hydrogens is 263 g/mol. The molecule has 0 aliphatic rings. The second-order valence-electron chi connectivity index (χ2n) is 4.36. The van der Waals surface area contributed by atoms with Gasteiger partial charge in [-0.25, -0.2) is 4.39 Å². The topological polar surface area (TPSA) is 55.1 Å². The highest BCUT2D eigenvalue weighted by molar-refractivity contribution is 7.09. The van der Waals surface area contributed by atoms with Crippen LogP contribution in [0.4, 0.5) is 10.1 Å². The Hall–Kier alpha value is -1.88. The van der Waals surface area contributed by atoms with Gasteiger partial charge in [0.1, 0.15) is 5.82 Å². The third-order valence-electron chi connectivity index (χ3n) is 2.76. The Morgan fingerprint density at radius 1 is 1.42 bits per heavy atom. The van der Waals surface area contributed by atoms with Gasteiger partial charge >= 0.3 is 0 Å². The summed E-state index contributed by atoms with van der Waals surface area (Å²) in [7, 11) is 0. The Balaban J connectivity index is 2.02. The number of nitrogens with two attached hydrogens (primary N) is 1. The predicted octanol–water partition coefficient (Wildman–Crippen LogP) is 2.83. The van der Waals surface area contributed by atoms with Gasteiger partial charge in [-0.15, -0.1) is 11.3 Å². The van der Waals surface area contributed by atoms with Gasteiger partial charge in [0.2, 0.25) is 0 Å². The maximum atomic E-state index is 13.3. The monoisotopic (exact) mass is 278 g/mol. The molecule has 19 heavy (non-hydrogen) atoms. The average Bonchev–Trinajstić information content (AvgIpc) is 2.85. The van der Waals surface area contributed by atoms with Gasteiger partial charge in [0.15, 0.2) is 0 Å². The van der Waals surface area contributed by atoms with Crippen molar-refractivity contribution in [2.75, 3.05) is 5.73 Å². The summed E-state index contributed by atoms with van der Waals surface area (Å²) >= 11 is 1.64. The van der Waals surface area contributed by atoms with Gasteiger partial charge in [0.05, 0.1) is 11.3 Å². The van der Waals surface area contributed by atoms with Gasteiger partial charge in [-0.2, -0.15) is 0 Å². The van der Waals surface area contributed by atoms with E-state index in [1.807, 2.05) is 24.4 Å². The molecule has 1 aromatic heterocycles. The summed E-state index contributed by atoms with van der Waals surface area (Å²) in [6.45, 7) is 1.91. The molecule has 0 spiro atoms. The number of rotatable bonds is 4. The summed E-state index contributed by atoms with van der Waals surface area (Å²) in [5, 5.41) is 4.82. The number of thiophene rings is 1. The minimum absolute atomic E-state index is 0.0335. The Labute approximate surface area is 115 Å². The van der Waals surface area contributed by atoms with E-state index in [9.17, 15) is 9.18 Å². The number of carbonyl (C=O) groups excluding carboxylic acids is 1. The second kappa shape index (κ2) is 5.84. The third kappa shape index (κ3) is 3.32. The molecule has 0 aliphatic heterocycles. The fourth-order valence-electron chi connectivity index (χ4n) is 1.82. The van der Waals surface area contributed by atoms with Gasteiger partial charge in [-0.3, -0.25) is 4.79 Å². The van der Waals surface area contributed by atoms with E-state index in [4.69, 9.17) is 5.73 Å². The minimum Gasteiger partial charge on any atom is -0.396 e. The molecule has 5 heteroatoms. The number of benzene rings is 1. The van der Waals surface area contributed by atoms with Crippen LogP contribution in [0.2, 0.25) is 0 Å². The van der Waals surface area contributed by atoms with Crippen LogP contribution < -0.4 is 11.1 Å². The summed E-state index contributed by atoms with van der Waals surface area (Å²) in [6, 6.07) is 8.19. The number of nitrogens with one attached hydrogen (secondary N) is 1. The van der Waals surface area contributed by atoms with Crippen molar-refractivity contribution in [2.24, 2.45) is 0 Å². The minimum atomic E-state index is -0.571. The normalized spacial score (nSPS) is 12.1. The summed E-state index contributed by atoms with van der Waals surface area (Å²) in [6.07, 6.45) is 0.749. The van der Waals surface area contributed by atoms with Crippen LogP contribution in [0.3, 0.4) is 0 Å². The first-order chi connectivity index (χ1) is 9.08. The number of amides is 1. The third-order valence-corrected chi connectivity index (χ3v) is 3.66. The maximum Gasteiger partial charge on any atom is 0.253 e. The smallest absolute Gasteiger partial charge is 0.253 e. The quantitative estimate of drug-likeness (QED) is 0.845. The number of anilines is 1. The largest absolute Gasteiger partial charge is 0.396 e. The molecular formula is C14H15FN2OS. The molecule has 0 saturated carbocycles. The molecule has 0 fully saturated rings. The number of halogens is 1. The molecule has 2 aromatic rings. The molecule has 0 saturated heterocycles. The number of nitrogen functional groups attached to an aromatic ring is 1. The molecule has 1 atom stereocenters. The molecule has 0 aliphatic carbocycles. The summed E-state index contributed by atoms with van der Waals surface area (Å²) in [5.41, 5.74) is 5.63. The van der Waals surface area contributed by atoms with Crippen molar-refractivity contribution in [1.29, 1.82) is 0 Å². The average molecular weight is 278 g/mol. The molecule has 1 heterocycles. The van der Waals surface area contributed by atoms with Crippen LogP contribution >= 0.6 is 11.3 Å². The van der Waals surface area contributed by atoms with E-state index in [0.29, 0.717) is 0 Å². The fraction of sp³-hybridized carbons (Fsp3) is 0.214. The van der Waals surface area contributed by atoms with Crippen molar-refractivity contribution in [3.05, 3.63) is 52.0 Å². The molecule has 1 amide bonds. The first-order valence-corrected chi connectivity index (χ1v) is 6.83. The van der Waals surface area contributed by atoms with Crippen LogP contribution in [0.1, 0.15) is 22.2 Å². The van der Waals surface area contributed by atoms with Crippen LogP contribution in [0.15, 0.2) is 35.7 Å². The molecule has 3 N–H and O–H groups in total. The van der Waals surface area contributed by atoms with E-state index in [1.54, 1.807) is 11.3 Å². The molecule has 0 radical (unpaired) electrons. The lowest BCUT2D eigenvalue weighted by molar-refractivity contribution is 0.0941. The highest BCUT2D eigenvalue weighted by atomic mass is 32.1.